The number of nitrogens with zero attached hydrogens (tertiary/aromatic N) is 1. The molecule has 1 aromatic rings. The van der Waals surface area contributed by atoms with Gasteiger partial charge in [0.25, 0.3) is 0 Å². The van der Waals surface area contributed by atoms with E-state index in [0.717, 1.165) is 19.0 Å². The fraction of sp³-hybridized carbons (Fsp3) is 0.600. The van der Waals surface area contributed by atoms with Crippen molar-refractivity contribution in [1.29, 1.82) is 0 Å². The van der Waals surface area contributed by atoms with Gasteiger partial charge in [0.05, 0.1) is 0 Å². The maximum atomic E-state index is 3.21. The van der Waals surface area contributed by atoms with E-state index in [0.29, 0.717) is 0 Å². The minimum atomic E-state index is 0.865. The zero-order valence-electron chi connectivity index (χ0n) is 11.1. The fourth-order valence-electron chi connectivity index (χ4n) is 2.73. The largest absolute Gasteiger partial charge is 0.316 e. The molecule has 0 bridgehead atoms. The van der Waals surface area contributed by atoms with Gasteiger partial charge < -0.3 is 5.32 Å². The average Bonchev–Trinajstić information content (AvgIpc) is 2.30. The Balaban J connectivity index is 1.95. The van der Waals surface area contributed by atoms with Crippen LogP contribution in [0.2, 0.25) is 0 Å². The number of piperidine rings is 1. The standard InChI is InChI=1S/C15H24N2/c1-13-5-4-8-17(11-13)12-15-7-3-6-14(9-15)10-16-2/h3,6-7,9,13,16H,4-5,8,10-12H2,1-2H3. The van der Waals surface area contributed by atoms with E-state index in [1.165, 1.54) is 37.1 Å². The minimum Gasteiger partial charge on any atom is -0.316 e. The van der Waals surface area contributed by atoms with Crippen LogP contribution in [0.15, 0.2) is 24.3 Å². The maximum Gasteiger partial charge on any atom is 0.0233 e. The van der Waals surface area contributed by atoms with Crippen molar-refractivity contribution in [2.75, 3.05) is 20.1 Å². The van der Waals surface area contributed by atoms with Crippen molar-refractivity contribution in [3.63, 3.8) is 0 Å². The van der Waals surface area contributed by atoms with Gasteiger partial charge in [-0.25, -0.2) is 0 Å². The summed E-state index contributed by atoms with van der Waals surface area (Å²) in [5.41, 5.74) is 2.84. The second kappa shape index (κ2) is 6.18. The van der Waals surface area contributed by atoms with Gasteiger partial charge in [-0.15, -0.1) is 0 Å². The predicted molar refractivity (Wildman–Crippen MR) is 72.9 cm³/mol. The molecule has 0 aliphatic carbocycles. The Labute approximate surface area is 105 Å². The number of benzene rings is 1. The molecule has 0 amide bonds. The summed E-state index contributed by atoms with van der Waals surface area (Å²) in [6.45, 7) is 6.96. The van der Waals surface area contributed by atoms with E-state index in [1.54, 1.807) is 0 Å². The van der Waals surface area contributed by atoms with Crippen molar-refractivity contribution in [2.24, 2.45) is 5.92 Å². The molecule has 0 aromatic heterocycles. The van der Waals surface area contributed by atoms with Gasteiger partial charge in [-0.3, -0.25) is 4.90 Å². The van der Waals surface area contributed by atoms with Gasteiger partial charge in [0.1, 0.15) is 0 Å². The van der Waals surface area contributed by atoms with Crippen molar-refractivity contribution in [1.82, 2.24) is 10.2 Å². The highest BCUT2D eigenvalue weighted by molar-refractivity contribution is 5.23. The molecule has 17 heavy (non-hydrogen) atoms. The van der Waals surface area contributed by atoms with Crippen LogP contribution in [-0.4, -0.2) is 25.0 Å². The van der Waals surface area contributed by atoms with E-state index < -0.39 is 0 Å². The van der Waals surface area contributed by atoms with E-state index >= 15 is 0 Å². The molecule has 1 heterocycles. The molecule has 1 N–H and O–H groups in total. The molecule has 1 atom stereocenters. The lowest BCUT2D eigenvalue weighted by atomic mass is 9.99. The number of hydrogen-bond acceptors (Lipinski definition) is 2. The molecule has 1 aromatic carbocycles. The van der Waals surface area contributed by atoms with Gasteiger partial charge in [-0.1, -0.05) is 31.2 Å². The minimum absolute atomic E-state index is 0.865. The molecule has 1 saturated heterocycles. The Morgan fingerprint density at radius 3 is 2.94 bits per heavy atom. The molecule has 1 aliphatic heterocycles. The molecule has 0 radical (unpaired) electrons. The lowest BCUT2D eigenvalue weighted by molar-refractivity contribution is 0.176. The van der Waals surface area contributed by atoms with Crippen molar-refractivity contribution in [3.05, 3.63) is 35.4 Å². The summed E-state index contributed by atoms with van der Waals surface area (Å²) in [6, 6.07) is 8.95. The lowest BCUT2D eigenvalue weighted by Crippen LogP contribution is -2.33. The van der Waals surface area contributed by atoms with Crippen molar-refractivity contribution < 1.29 is 0 Å². The SMILES string of the molecule is CNCc1cccc(CN2CCCC(C)C2)c1. The number of nitrogens with one attached hydrogen (secondary N) is 1. The van der Waals surface area contributed by atoms with Gasteiger partial charge in [0.2, 0.25) is 0 Å². The highest BCUT2D eigenvalue weighted by atomic mass is 15.1. The summed E-state index contributed by atoms with van der Waals surface area (Å²) < 4.78 is 0. The van der Waals surface area contributed by atoms with E-state index in [4.69, 9.17) is 0 Å². The Bertz CT molecular complexity index is 349. The monoisotopic (exact) mass is 232 g/mol. The Morgan fingerprint density at radius 1 is 1.35 bits per heavy atom. The molecular weight excluding hydrogens is 208 g/mol. The van der Waals surface area contributed by atoms with Gasteiger partial charge in [-0.2, -0.15) is 0 Å². The van der Waals surface area contributed by atoms with Crippen LogP contribution in [0.5, 0.6) is 0 Å². The number of hydrogen-bond donors (Lipinski definition) is 1. The molecule has 1 unspecified atom stereocenters. The Kier molecular flexibility index (Phi) is 4.57. The van der Waals surface area contributed by atoms with Crippen LogP contribution in [0.25, 0.3) is 0 Å². The van der Waals surface area contributed by atoms with Crippen LogP contribution in [0, 0.1) is 5.92 Å². The summed E-state index contributed by atoms with van der Waals surface area (Å²) >= 11 is 0. The summed E-state index contributed by atoms with van der Waals surface area (Å²) in [4.78, 5) is 2.59. The Morgan fingerprint density at radius 2 is 2.18 bits per heavy atom. The summed E-state index contributed by atoms with van der Waals surface area (Å²) in [7, 11) is 2.00. The van der Waals surface area contributed by atoms with E-state index in [1.807, 2.05) is 7.05 Å². The molecular formula is C15H24N2. The third-order valence-corrected chi connectivity index (χ3v) is 3.52. The molecule has 0 saturated carbocycles. The maximum absolute atomic E-state index is 3.21. The fourth-order valence-corrected chi connectivity index (χ4v) is 2.73. The lowest BCUT2D eigenvalue weighted by Gasteiger charge is -2.30. The zero-order valence-corrected chi connectivity index (χ0v) is 11.1. The first kappa shape index (κ1) is 12.6. The molecule has 0 spiro atoms. The molecule has 2 heteroatoms. The average molecular weight is 232 g/mol. The third-order valence-electron chi connectivity index (χ3n) is 3.52. The topological polar surface area (TPSA) is 15.3 Å². The van der Waals surface area contributed by atoms with Crippen LogP contribution < -0.4 is 5.32 Å². The van der Waals surface area contributed by atoms with Crippen molar-refractivity contribution in [2.45, 2.75) is 32.9 Å². The molecule has 94 valence electrons. The zero-order chi connectivity index (χ0) is 12.1. The molecule has 2 nitrogen and oxygen atoms in total. The van der Waals surface area contributed by atoms with Gasteiger partial charge in [-0.05, 0) is 43.5 Å². The van der Waals surface area contributed by atoms with Crippen LogP contribution in [0.1, 0.15) is 30.9 Å². The van der Waals surface area contributed by atoms with Crippen LogP contribution in [0.3, 0.4) is 0 Å². The second-order valence-corrected chi connectivity index (χ2v) is 5.33. The first-order valence-corrected chi connectivity index (χ1v) is 6.72. The quantitative estimate of drug-likeness (QED) is 0.858. The van der Waals surface area contributed by atoms with Gasteiger partial charge >= 0.3 is 0 Å². The van der Waals surface area contributed by atoms with Crippen LogP contribution in [-0.2, 0) is 13.1 Å². The van der Waals surface area contributed by atoms with E-state index in [-0.39, 0.29) is 0 Å². The number of rotatable bonds is 4. The number of likely N-dealkylation sites (tertiary alicyclic amines) is 1. The third kappa shape index (κ3) is 3.83. The first-order valence-electron chi connectivity index (χ1n) is 6.72. The van der Waals surface area contributed by atoms with E-state index in [2.05, 4.69) is 41.4 Å². The summed E-state index contributed by atoms with van der Waals surface area (Å²) in [5.74, 6) is 0.865. The highest BCUT2D eigenvalue weighted by Gasteiger charge is 2.16. The van der Waals surface area contributed by atoms with Crippen LogP contribution >= 0.6 is 0 Å². The van der Waals surface area contributed by atoms with Gasteiger partial charge in [0.15, 0.2) is 0 Å². The molecule has 2 rings (SSSR count). The van der Waals surface area contributed by atoms with E-state index in [9.17, 15) is 0 Å². The molecule has 1 fully saturated rings. The van der Waals surface area contributed by atoms with Crippen LogP contribution in [0.4, 0.5) is 0 Å². The summed E-state index contributed by atoms with van der Waals surface area (Å²) in [5, 5.41) is 3.21. The normalized spacial score (nSPS) is 21.6. The second-order valence-electron chi connectivity index (χ2n) is 5.33. The Hall–Kier alpha value is -0.860. The van der Waals surface area contributed by atoms with Crippen molar-refractivity contribution >= 4 is 0 Å². The van der Waals surface area contributed by atoms with Gasteiger partial charge in [0, 0.05) is 19.6 Å². The predicted octanol–water partition coefficient (Wildman–Crippen LogP) is 2.64. The smallest absolute Gasteiger partial charge is 0.0233 e. The molecule has 1 aliphatic rings. The first-order chi connectivity index (χ1) is 8.28. The highest BCUT2D eigenvalue weighted by Crippen LogP contribution is 2.18. The summed E-state index contributed by atoms with van der Waals surface area (Å²) in [6.07, 6.45) is 2.76. The van der Waals surface area contributed by atoms with Crippen molar-refractivity contribution in [3.8, 4) is 0 Å².